The van der Waals surface area contributed by atoms with Crippen LogP contribution in [0.15, 0.2) is 12.7 Å². The molecule has 0 aromatic heterocycles. The number of hydrogen-bond donors (Lipinski definition) is 0. The van der Waals surface area contributed by atoms with Crippen LogP contribution in [0.5, 0.6) is 0 Å². The Bertz CT molecular complexity index is 225. The van der Waals surface area contributed by atoms with Crippen molar-refractivity contribution in [3.8, 4) is 0 Å². The van der Waals surface area contributed by atoms with Gasteiger partial charge in [-0.2, -0.15) is 0 Å². The summed E-state index contributed by atoms with van der Waals surface area (Å²) >= 11 is 0. The third kappa shape index (κ3) is 5.53. The molecular weight excluding hydrogens is 224 g/mol. The molecular formula is C16H30O2. The second-order valence-corrected chi connectivity index (χ2v) is 5.74. The zero-order chi connectivity index (χ0) is 13.4. The zero-order valence-corrected chi connectivity index (χ0v) is 12.4. The quantitative estimate of drug-likeness (QED) is 0.462. The lowest BCUT2D eigenvalue weighted by molar-refractivity contribution is -0.259. The molecule has 3 atom stereocenters. The van der Waals surface area contributed by atoms with Crippen molar-refractivity contribution in [3.05, 3.63) is 12.7 Å². The highest BCUT2D eigenvalue weighted by Crippen LogP contribution is 2.27. The Hall–Kier alpha value is -0.340. The molecule has 106 valence electrons. The molecule has 1 fully saturated rings. The standard InChI is InChI=1S/C16H30O2/c1-5-7-8-9-11-15-12-14(10-6-2)17-16(18-15)13(3)4/h6,13-16H,2,5,7-12H2,1,3-4H3/t14-,15-,16?/m1/s1. The molecule has 1 saturated heterocycles. The van der Waals surface area contributed by atoms with Crippen LogP contribution in [0.2, 0.25) is 0 Å². The summed E-state index contributed by atoms with van der Waals surface area (Å²) in [6.07, 6.45) is 11.0. The predicted octanol–water partition coefficient (Wildman–Crippen LogP) is 4.69. The Morgan fingerprint density at radius 1 is 1.17 bits per heavy atom. The van der Waals surface area contributed by atoms with E-state index < -0.39 is 0 Å². The summed E-state index contributed by atoms with van der Waals surface area (Å²) in [5.41, 5.74) is 0. The van der Waals surface area contributed by atoms with Crippen LogP contribution < -0.4 is 0 Å². The normalized spacial score (nSPS) is 28.6. The first-order valence-electron chi connectivity index (χ1n) is 7.59. The lowest BCUT2D eigenvalue weighted by atomic mass is 10.0. The molecule has 1 aliphatic heterocycles. The van der Waals surface area contributed by atoms with Crippen molar-refractivity contribution in [2.45, 2.75) is 84.2 Å². The summed E-state index contributed by atoms with van der Waals surface area (Å²) in [7, 11) is 0. The fraction of sp³-hybridized carbons (Fsp3) is 0.875. The van der Waals surface area contributed by atoms with Crippen molar-refractivity contribution in [2.24, 2.45) is 5.92 Å². The highest BCUT2D eigenvalue weighted by molar-refractivity contribution is 4.80. The molecule has 0 N–H and O–H groups in total. The molecule has 2 nitrogen and oxygen atoms in total. The lowest BCUT2D eigenvalue weighted by Gasteiger charge is -2.37. The lowest BCUT2D eigenvalue weighted by Crippen LogP contribution is -2.40. The van der Waals surface area contributed by atoms with E-state index >= 15 is 0 Å². The van der Waals surface area contributed by atoms with E-state index in [-0.39, 0.29) is 6.29 Å². The first-order chi connectivity index (χ1) is 8.67. The molecule has 1 rings (SSSR count). The largest absolute Gasteiger partial charge is 0.349 e. The minimum absolute atomic E-state index is 0.0279. The van der Waals surface area contributed by atoms with E-state index in [1.807, 2.05) is 6.08 Å². The maximum absolute atomic E-state index is 6.05. The molecule has 0 amide bonds. The van der Waals surface area contributed by atoms with Crippen molar-refractivity contribution in [3.63, 3.8) is 0 Å². The molecule has 0 saturated carbocycles. The van der Waals surface area contributed by atoms with Crippen LogP contribution in [0.4, 0.5) is 0 Å². The molecule has 0 aliphatic carbocycles. The van der Waals surface area contributed by atoms with Gasteiger partial charge in [0.1, 0.15) is 0 Å². The number of ether oxygens (including phenoxy) is 2. The van der Waals surface area contributed by atoms with Gasteiger partial charge in [-0.3, -0.25) is 0 Å². The summed E-state index contributed by atoms with van der Waals surface area (Å²) in [5.74, 6) is 0.427. The minimum atomic E-state index is -0.0279. The molecule has 18 heavy (non-hydrogen) atoms. The zero-order valence-electron chi connectivity index (χ0n) is 12.4. The van der Waals surface area contributed by atoms with Gasteiger partial charge in [-0.05, 0) is 12.8 Å². The van der Waals surface area contributed by atoms with Crippen LogP contribution in [0, 0.1) is 5.92 Å². The van der Waals surface area contributed by atoms with Crippen molar-refractivity contribution < 1.29 is 9.47 Å². The molecule has 0 aromatic rings. The van der Waals surface area contributed by atoms with Crippen molar-refractivity contribution in [1.82, 2.24) is 0 Å². The second kappa shape index (κ2) is 8.71. The number of hydrogen-bond acceptors (Lipinski definition) is 2. The Morgan fingerprint density at radius 3 is 2.50 bits per heavy atom. The number of unbranched alkanes of at least 4 members (excludes halogenated alkanes) is 3. The highest BCUT2D eigenvalue weighted by Gasteiger charge is 2.30. The topological polar surface area (TPSA) is 18.5 Å². The van der Waals surface area contributed by atoms with E-state index in [0.717, 1.165) is 12.8 Å². The Kier molecular flexibility index (Phi) is 7.60. The first kappa shape index (κ1) is 15.7. The van der Waals surface area contributed by atoms with E-state index in [1.165, 1.54) is 32.1 Å². The van der Waals surface area contributed by atoms with Gasteiger partial charge in [-0.15, -0.1) is 6.58 Å². The van der Waals surface area contributed by atoms with Crippen LogP contribution in [0.25, 0.3) is 0 Å². The van der Waals surface area contributed by atoms with E-state index in [2.05, 4.69) is 27.4 Å². The minimum Gasteiger partial charge on any atom is -0.349 e. The van der Waals surface area contributed by atoms with Crippen LogP contribution in [-0.2, 0) is 9.47 Å². The van der Waals surface area contributed by atoms with Gasteiger partial charge in [0.15, 0.2) is 6.29 Å². The van der Waals surface area contributed by atoms with Gasteiger partial charge < -0.3 is 9.47 Å². The van der Waals surface area contributed by atoms with Crippen LogP contribution in [0.1, 0.15) is 65.7 Å². The molecule has 0 radical (unpaired) electrons. The molecule has 0 spiro atoms. The van der Waals surface area contributed by atoms with E-state index in [0.29, 0.717) is 18.1 Å². The summed E-state index contributed by atoms with van der Waals surface area (Å²) < 4.78 is 12.0. The van der Waals surface area contributed by atoms with Gasteiger partial charge in [-0.25, -0.2) is 0 Å². The van der Waals surface area contributed by atoms with Crippen LogP contribution in [0.3, 0.4) is 0 Å². The summed E-state index contributed by atoms with van der Waals surface area (Å²) in [6.45, 7) is 10.4. The molecule has 1 aliphatic rings. The Morgan fingerprint density at radius 2 is 1.89 bits per heavy atom. The fourth-order valence-electron chi connectivity index (χ4n) is 2.45. The summed E-state index contributed by atoms with van der Waals surface area (Å²) in [4.78, 5) is 0. The molecule has 2 heteroatoms. The summed E-state index contributed by atoms with van der Waals surface area (Å²) in [5, 5.41) is 0. The maximum Gasteiger partial charge on any atom is 0.160 e. The molecule has 1 unspecified atom stereocenters. The van der Waals surface area contributed by atoms with Crippen molar-refractivity contribution in [1.29, 1.82) is 0 Å². The van der Waals surface area contributed by atoms with Gasteiger partial charge in [0.25, 0.3) is 0 Å². The summed E-state index contributed by atoms with van der Waals surface area (Å²) in [6, 6.07) is 0. The highest BCUT2D eigenvalue weighted by atomic mass is 16.7. The SMILES string of the molecule is C=CC[C@@H]1C[C@@H](CCCCCC)OC(C(C)C)O1. The maximum atomic E-state index is 6.05. The van der Waals surface area contributed by atoms with Gasteiger partial charge in [0.2, 0.25) is 0 Å². The smallest absolute Gasteiger partial charge is 0.160 e. The van der Waals surface area contributed by atoms with E-state index in [4.69, 9.17) is 9.47 Å². The second-order valence-electron chi connectivity index (χ2n) is 5.74. The molecule has 0 bridgehead atoms. The van der Waals surface area contributed by atoms with Gasteiger partial charge in [-0.1, -0.05) is 52.5 Å². The van der Waals surface area contributed by atoms with Crippen LogP contribution >= 0.6 is 0 Å². The Labute approximate surface area is 113 Å². The van der Waals surface area contributed by atoms with E-state index in [9.17, 15) is 0 Å². The predicted molar refractivity (Wildman–Crippen MR) is 76.6 cm³/mol. The Balaban J connectivity index is 2.37. The van der Waals surface area contributed by atoms with Gasteiger partial charge in [0, 0.05) is 12.3 Å². The number of rotatable bonds is 8. The molecule has 0 aromatic carbocycles. The average Bonchev–Trinajstić information content (AvgIpc) is 2.35. The monoisotopic (exact) mass is 254 g/mol. The van der Waals surface area contributed by atoms with Crippen molar-refractivity contribution >= 4 is 0 Å². The first-order valence-corrected chi connectivity index (χ1v) is 7.59. The molecule has 1 heterocycles. The van der Waals surface area contributed by atoms with E-state index in [1.54, 1.807) is 0 Å². The van der Waals surface area contributed by atoms with Gasteiger partial charge in [0.05, 0.1) is 12.2 Å². The van der Waals surface area contributed by atoms with Crippen LogP contribution in [-0.4, -0.2) is 18.5 Å². The third-order valence-electron chi connectivity index (χ3n) is 3.53. The average molecular weight is 254 g/mol. The third-order valence-corrected chi connectivity index (χ3v) is 3.53. The van der Waals surface area contributed by atoms with Crippen molar-refractivity contribution in [2.75, 3.05) is 0 Å². The van der Waals surface area contributed by atoms with Gasteiger partial charge >= 0.3 is 0 Å². The fourth-order valence-corrected chi connectivity index (χ4v) is 2.45.